The molecule has 3 aromatic rings. The summed E-state index contributed by atoms with van der Waals surface area (Å²) < 4.78 is 80.5. The lowest BCUT2D eigenvalue weighted by atomic mass is 9.93. The molecule has 8 heteroatoms. The molecular formula is C18H11F4NO2S. The van der Waals surface area contributed by atoms with Crippen LogP contribution in [-0.4, -0.2) is 8.42 Å². The highest BCUT2D eigenvalue weighted by atomic mass is 32.2. The maximum Gasteiger partial charge on any atom is 0.238 e. The summed E-state index contributed by atoms with van der Waals surface area (Å²) in [6.07, 6.45) is 0. The summed E-state index contributed by atoms with van der Waals surface area (Å²) in [6.45, 7) is 0. The molecule has 0 bridgehead atoms. The van der Waals surface area contributed by atoms with Crippen molar-refractivity contribution in [2.75, 3.05) is 0 Å². The van der Waals surface area contributed by atoms with Gasteiger partial charge in [-0.25, -0.2) is 31.1 Å². The van der Waals surface area contributed by atoms with E-state index in [0.717, 1.165) is 12.1 Å². The van der Waals surface area contributed by atoms with Gasteiger partial charge in [0.1, 0.15) is 0 Å². The Morgan fingerprint density at radius 2 is 1.15 bits per heavy atom. The first-order valence-corrected chi connectivity index (χ1v) is 8.81. The third-order valence-electron chi connectivity index (χ3n) is 3.79. The van der Waals surface area contributed by atoms with E-state index in [9.17, 15) is 26.0 Å². The molecule has 0 radical (unpaired) electrons. The number of hydrogen-bond donors (Lipinski definition) is 1. The molecule has 0 unspecified atom stereocenters. The normalized spacial score (nSPS) is 11.6. The Bertz CT molecular complexity index is 1100. The van der Waals surface area contributed by atoms with Gasteiger partial charge < -0.3 is 0 Å². The van der Waals surface area contributed by atoms with Gasteiger partial charge in [0.15, 0.2) is 23.3 Å². The number of halogens is 4. The second-order valence-electron chi connectivity index (χ2n) is 5.41. The first kappa shape index (κ1) is 18.1. The molecule has 0 saturated heterocycles. The van der Waals surface area contributed by atoms with Crippen molar-refractivity contribution >= 4 is 10.0 Å². The molecule has 0 heterocycles. The maximum atomic E-state index is 14.6. The standard InChI is InChI=1S/C18H11F4NO2S/c19-15-13(10-6-2-1-3-7-10)14(16(20)18(22)17(15)21)11-8-4-5-9-12(11)26(23,24)25/h1-9H,(H2,23,24,25). The van der Waals surface area contributed by atoms with Gasteiger partial charge >= 0.3 is 0 Å². The Morgan fingerprint density at radius 3 is 1.73 bits per heavy atom. The minimum atomic E-state index is -4.34. The zero-order chi connectivity index (χ0) is 19.1. The topological polar surface area (TPSA) is 60.2 Å². The summed E-state index contributed by atoms with van der Waals surface area (Å²) in [7, 11) is -4.34. The second-order valence-corrected chi connectivity index (χ2v) is 6.94. The number of primary sulfonamides is 1. The minimum Gasteiger partial charge on any atom is -0.225 e. The van der Waals surface area contributed by atoms with E-state index < -0.39 is 49.3 Å². The molecule has 26 heavy (non-hydrogen) atoms. The molecule has 2 N–H and O–H groups in total. The molecule has 3 nitrogen and oxygen atoms in total. The van der Waals surface area contributed by atoms with Gasteiger partial charge in [0.2, 0.25) is 10.0 Å². The van der Waals surface area contributed by atoms with E-state index >= 15 is 0 Å². The molecule has 0 atom stereocenters. The molecule has 0 spiro atoms. The van der Waals surface area contributed by atoms with Crippen molar-refractivity contribution in [3.63, 3.8) is 0 Å². The predicted octanol–water partition coefficient (Wildman–Crippen LogP) is 4.22. The van der Waals surface area contributed by atoms with E-state index in [1.165, 1.54) is 36.4 Å². The van der Waals surface area contributed by atoms with Crippen LogP contribution in [0.3, 0.4) is 0 Å². The minimum absolute atomic E-state index is 0.0435. The SMILES string of the molecule is NS(=O)(=O)c1ccccc1-c1c(F)c(F)c(F)c(F)c1-c1ccccc1. The van der Waals surface area contributed by atoms with Crippen LogP contribution in [0.4, 0.5) is 17.6 Å². The maximum absolute atomic E-state index is 14.6. The Kier molecular flexibility index (Phi) is 4.55. The predicted molar refractivity (Wildman–Crippen MR) is 88.5 cm³/mol. The highest BCUT2D eigenvalue weighted by Crippen LogP contribution is 2.41. The fraction of sp³-hybridized carbons (Fsp3) is 0. The van der Waals surface area contributed by atoms with E-state index in [-0.39, 0.29) is 11.1 Å². The van der Waals surface area contributed by atoms with Crippen molar-refractivity contribution in [3.05, 3.63) is 77.9 Å². The van der Waals surface area contributed by atoms with Crippen LogP contribution in [0.1, 0.15) is 0 Å². The first-order chi connectivity index (χ1) is 12.2. The molecule has 0 aliphatic carbocycles. The molecule has 0 aliphatic rings. The van der Waals surface area contributed by atoms with Crippen LogP contribution in [0.2, 0.25) is 0 Å². The Hall–Kier alpha value is -2.71. The van der Waals surface area contributed by atoms with E-state index in [1.54, 1.807) is 6.07 Å². The van der Waals surface area contributed by atoms with Crippen molar-refractivity contribution in [2.45, 2.75) is 4.90 Å². The van der Waals surface area contributed by atoms with Crippen molar-refractivity contribution < 1.29 is 26.0 Å². The third kappa shape index (κ3) is 2.97. The van der Waals surface area contributed by atoms with Crippen LogP contribution in [0, 0.1) is 23.3 Å². The number of nitrogens with two attached hydrogens (primary N) is 1. The van der Waals surface area contributed by atoms with Gasteiger partial charge in [0.25, 0.3) is 0 Å². The van der Waals surface area contributed by atoms with Crippen LogP contribution in [0.5, 0.6) is 0 Å². The summed E-state index contributed by atoms with van der Waals surface area (Å²) in [4.78, 5) is -0.540. The van der Waals surface area contributed by atoms with Gasteiger partial charge in [-0.05, 0) is 11.6 Å². The number of sulfonamides is 1. The molecular weight excluding hydrogens is 370 g/mol. The smallest absolute Gasteiger partial charge is 0.225 e. The van der Waals surface area contributed by atoms with Gasteiger partial charge in [0, 0.05) is 16.7 Å². The number of rotatable bonds is 3. The van der Waals surface area contributed by atoms with Gasteiger partial charge in [-0.3, -0.25) is 0 Å². The lowest BCUT2D eigenvalue weighted by molar-refractivity contribution is 0.412. The molecule has 134 valence electrons. The lowest BCUT2D eigenvalue weighted by Crippen LogP contribution is -2.14. The quantitative estimate of drug-likeness (QED) is 0.419. The summed E-state index contributed by atoms with van der Waals surface area (Å²) in [5.74, 6) is -7.37. The van der Waals surface area contributed by atoms with Crippen LogP contribution >= 0.6 is 0 Å². The van der Waals surface area contributed by atoms with Crippen molar-refractivity contribution in [2.24, 2.45) is 5.14 Å². The average Bonchev–Trinajstić information content (AvgIpc) is 2.63. The molecule has 3 rings (SSSR count). The van der Waals surface area contributed by atoms with Gasteiger partial charge in [-0.2, -0.15) is 0 Å². The van der Waals surface area contributed by atoms with E-state index in [0.29, 0.717) is 0 Å². The van der Waals surface area contributed by atoms with Crippen molar-refractivity contribution in [1.82, 2.24) is 0 Å². The monoisotopic (exact) mass is 381 g/mol. The fourth-order valence-electron chi connectivity index (χ4n) is 2.68. The largest absolute Gasteiger partial charge is 0.238 e. The van der Waals surface area contributed by atoms with Crippen LogP contribution in [0.25, 0.3) is 22.3 Å². The first-order valence-electron chi connectivity index (χ1n) is 7.27. The molecule has 0 fully saturated rings. The summed E-state index contributed by atoms with van der Waals surface area (Å²) >= 11 is 0. The summed E-state index contributed by atoms with van der Waals surface area (Å²) in [6, 6.07) is 12.2. The lowest BCUT2D eigenvalue weighted by Gasteiger charge is -2.16. The summed E-state index contributed by atoms with van der Waals surface area (Å²) in [5.41, 5.74) is -1.65. The van der Waals surface area contributed by atoms with E-state index in [1.807, 2.05) is 0 Å². The van der Waals surface area contributed by atoms with Gasteiger partial charge in [0.05, 0.1) is 4.90 Å². The van der Waals surface area contributed by atoms with Crippen molar-refractivity contribution in [1.29, 1.82) is 0 Å². The number of hydrogen-bond acceptors (Lipinski definition) is 2. The average molecular weight is 381 g/mol. The molecule has 3 aromatic carbocycles. The van der Waals surface area contributed by atoms with Crippen LogP contribution in [-0.2, 0) is 10.0 Å². The Morgan fingerprint density at radius 1 is 0.654 bits per heavy atom. The highest BCUT2D eigenvalue weighted by Gasteiger charge is 2.29. The fourth-order valence-corrected chi connectivity index (χ4v) is 3.43. The van der Waals surface area contributed by atoms with Crippen molar-refractivity contribution in [3.8, 4) is 22.3 Å². The van der Waals surface area contributed by atoms with Crippen LogP contribution in [0.15, 0.2) is 59.5 Å². The highest BCUT2D eigenvalue weighted by molar-refractivity contribution is 7.89. The second kappa shape index (κ2) is 6.54. The Balaban J connectivity index is 2.51. The van der Waals surface area contributed by atoms with Gasteiger partial charge in [-0.1, -0.05) is 48.5 Å². The molecule has 0 amide bonds. The van der Waals surface area contributed by atoms with Gasteiger partial charge in [-0.15, -0.1) is 0 Å². The summed E-state index contributed by atoms with van der Waals surface area (Å²) in [5, 5.41) is 5.13. The molecule has 0 aromatic heterocycles. The number of benzene rings is 3. The Labute approximate surface area is 146 Å². The van der Waals surface area contributed by atoms with E-state index in [2.05, 4.69) is 0 Å². The molecule has 0 aliphatic heterocycles. The van der Waals surface area contributed by atoms with E-state index in [4.69, 9.17) is 5.14 Å². The molecule has 0 saturated carbocycles. The zero-order valence-corrected chi connectivity index (χ0v) is 13.8. The van der Waals surface area contributed by atoms with Crippen LogP contribution < -0.4 is 5.14 Å². The third-order valence-corrected chi connectivity index (χ3v) is 4.76. The zero-order valence-electron chi connectivity index (χ0n) is 13.0.